The van der Waals surface area contributed by atoms with Gasteiger partial charge in [0, 0.05) is 6.54 Å². The summed E-state index contributed by atoms with van der Waals surface area (Å²) in [5.74, 6) is 1.03. The molecule has 0 bridgehead atoms. The maximum absolute atomic E-state index is 12.5. The molecule has 2 rings (SSSR count). The molecule has 0 aliphatic carbocycles. The standard InChI is InChI=1S/C20H30N2O5S/c1-19(2,3)26-11-14(17(23)27-20(4,5)6)22-18(28)21-10-13-7-8-15-16(9-13)25-12-24-15/h7-9,14H,10-12H2,1-6H3,(H2,21,22,28). The predicted molar refractivity (Wildman–Crippen MR) is 110 cm³/mol. The highest BCUT2D eigenvalue weighted by Crippen LogP contribution is 2.32. The Hall–Kier alpha value is -2.06. The van der Waals surface area contributed by atoms with E-state index in [0.717, 1.165) is 11.3 Å². The zero-order valence-electron chi connectivity index (χ0n) is 17.4. The van der Waals surface area contributed by atoms with Gasteiger partial charge in [-0.1, -0.05) is 6.07 Å². The van der Waals surface area contributed by atoms with Crippen LogP contribution in [0.5, 0.6) is 11.5 Å². The topological polar surface area (TPSA) is 78.0 Å². The van der Waals surface area contributed by atoms with Crippen molar-refractivity contribution in [2.24, 2.45) is 0 Å². The highest BCUT2D eigenvalue weighted by atomic mass is 32.1. The number of carbonyl (C=O) groups excluding carboxylic acids is 1. The largest absolute Gasteiger partial charge is 0.458 e. The Morgan fingerprint density at radius 2 is 1.82 bits per heavy atom. The summed E-state index contributed by atoms with van der Waals surface area (Å²) in [5.41, 5.74) is -0.00260. The molecule has 1 aliphatic rings. The van der Waals surface area contributed by atoms with Gasteiger partial charge >= 0.3 is 5.97 Å². The predicted octanol–water partition coefficient (Wildman–Crippen LogP) is 2.90. The van der Waals surface area contributed by atoms with Crippen molar-refractivity contribution in [1.82, 2.24) is 10.6 Å². The van der Waals surface area contributed by atoms with Crippen molar-refractivity contribution in [3.05, 3.63) is 23.8 Å². The molecule has 0 saturated heterocycles. The van der Waals surface area contributed by atoms with Crippen LogP contribution in [0, 0.1) is 0 Å². The zero-order chi connectivity index (χ0) is 20.9. The van der Waals surface area contributed by atoms with E-state index in [2.05, 4.69) is 10.6 Å². The average molecular weight is 411 g/mol. The Kier molecular flexibility index (Phi) is 7.11. The van der Waals surface area contributed by atoms with Gasteiger partial charge in [-0.2, -0.15) is 0 Å². The third-order valence-electron chi connectivity index (χ3n) is 3.57. The van der Waals surface area contributed by atoms with E-state index in [1.165, 1.54) is 0 Å². The molecule has 156 valence electrons. The Bertz CT molecular complexity index is 710. The lowest BCUT2D eigenvalue weighted by Crippen LogP contribution is -2.50. The highest BCUT2D eigenvalue weighted by molar-refractivity contribution is 7.80. The number of hydrogen-bond acceptors (Lipinski definition) is 6. The van der Waals surface area contributed by atoms with Crippen LogP contribution in [0.2, 0.25) is 0 Å². The van der Waals surface area contributed by atoms with Crippen molar-refractivity contribution in [2.45, 2.75) is 65.3 Å². The molecule has 0 aromatic heterocycles. The third-order valence-corrected chi connectivity index (χ3v) is 3.83. The molecule has 0 amide bonds. The Labute approximate surface area is 172 Å². The Balaban J connectivity index is 1.93. The highest BCUT2D eigenvalue weighted by Gasteiger charge is 2.27. The minimum Gasteiger partial charge on any atom is -0.458 e. The minimum absolute atomic E-state index is 0.143. The van der Waals surface area contributed by atoms with Gasteiger partial charge in [-0.3, -0.25) is 0 Å². The lowest BCUT2D eigenvalue weighted by molar-refractivity contribution is -0.160. The molecule has 0 saturated carbocycles. The van der Waals surface area contributed by atoms with Gasteiger partial charge in [0.2, 0.25) is 6.79 Å². The molecule has 0 radical (unpaired) electrons. The second-order valence-corrected chi connectivity index (χ2v) is 8.93. The number of ether oxygens (including phenoxy) is 4. The number of nitrogens with one attached hydrogen (secondary N) is 2. The summed E-state index contributed by atoms with van der Waals surface area (Å²) in [4.78, 5) is 12.5. The number of hydrogen-bond donors (Lipinski definition) is 2. The second-order valence-electron chi connectivity index (χ2n) is 8.52. The molecule has 1 atom stereocenters. The molecule has 0 fully saturated rings. The number of esters is 1. The monoisotopic (exact) mass is 410 g/mol. The number of fused-ring (bicyclic) bond motifs is 1. The van der Waals surface area contributed by atoms with E-state index in [0.29, 0.717) is 17.4 Å². The fourth-order valence-corrected chi connectivity index (χ4v) is 2.53. The van der Waals surface area contributed by atoms with Gasteiger partial charge in [-0.15, -0.1) is 0 Å². The fourth-order valence-electron chi connectivity index (χ4n) is 2.32. The van der Waals surface area contributed by atoms with Crippen LogP contribution in [-0.2, 0) is 20.8 Å². The van der Waals surface area contributed by atoms with Crippen molar-refractivity contribution in [1.29, 1.82) is 0 Å². The molecule has 1 heterocycles. The lowest BCUT2D eigenvalue weighted by Gasteiger charge is -2.28. The molecule has 8 heteroatoms. The average Bonchev–Trinajstić information content (AvgIpc) is 3.01. The number of thiocarbonyl (C=S) groups is 1. The molecule has 1 aliphatic heterocycles. The molecule has 1 unspecified atom stereocenters. The first-order valence-electron chi connectivity index (χ1n) is 9.23. The number of benzene rings is 1. The molecule has 28 heavy (non-hydrogen) atoms. The quantitative estimate of drug-likeness (QED) is 0.548. The van der Waals surface area contributed by atoms with E-state index in [4.69, 9.17) is 31.2 Å². The van der Waals surface area contributed by atoms with Crippen molar-refractivity contribution in [3.63, 3.8) is 0 Å². The summed E-state index contributed by atoms with van der Waals surface area (Å²) < 4.78 is 21.9. The SMILES string of the molecule is CC(C)(C)OCC(NC(=S)NCc1ccc2c(c1)OCO2)C(=O)OC(C)(C)C. The fraction of sp³-hybridized carbons (Fsp3) is 0.600. The normalized spacial score (nSPS) is 14.4. The first-order valence-corrected chi connectivity index (χ1v) is 9.63. The van der Waals surface area contributed by atoms with Gasteiger partial charge in [-0.05, 0) is 71.5 Å². The third kappa shape index (κ3) is 7.52. The summed E-state index contributed by atoms with van der Waals surface area (Å²) in [6.45, 7) is 12.1. The van der Waals surface area contributed by atoms with Crippen LogP contribution < -0.4 is 20.1 Å². The smallest absolute Gasteiger partial charge is 0.331 e. The molecule has 1 aromatic carbocycles. The van der Waals surface area contributed by atoms with Crippen LogP contribution in [0.25, 0.3) is 0 Å². The molecule has 2 N–H and O–H groups in total. The molecule has 1 aromatic rings. The van der Waals surface area contributed by atoms with E-state index < -0.39 is 17.6 Å². The van der Waals surface area contributed by atoms with Crippen LogP contribution in [0.15, 0.2) is 18.2 Å². The van der Waals surface area contributed by atoms with E-state index in [9.17, 15) is 4.79 Å². The van der Waals surface area contributed by atoms with E-state index in [1.54, 1.807) is 0 Å². The molecular formula is C20H30N2O5S. The maximum atomic E-state index is 12.5. The van der Waals surface area contributed by atoms with Crippen molar-refractivity contribution < 1.29 is 23.7 Å². The van der Waals surface area contributed by atoms with Crippen molar-refractivity contribution in [2.75, 3.05) is 13.4 Å². The molecule has 0 spiro atoms. The van der Waals surface area contributed by atoms with Crippen LogP contribution >= 0.6 is 12.2 Å². The van der Waals surface area contributed by atoms with E-state index in [1.807, 2.05) is 59.7 Å². The Morgan fingerprint density at radius 3 is 2.46 bits per heavy atom. The van der Waals surface area contributed by atoms with Gasteiger partial charge in [0.05, 0.1) is 12.2 Å². The number of rotatable bonds is 6. The zero-order valence-corrected chi connectivity index (χ0v) is 18.2. The van der Waals surface area contributed by atoms with Crippen LogP contribution in [0.1, 0.15) is 47.1 Å². The van der Waals surface area contributed by atoms with Gasteiger partial charge in [0.25, 0.3) is 0 Å². The Morgan fingerprint density at radius 1 is 1.14 bits per heavy atom. The van der Waals surface area contributed by atoms with Crippen LogP contribution in [0.4, 0.5) is 0 Å². The first-order chi connectivity index (χ1) is 12.9. The van der Waals surface area contributed by atoms with Gasteiger partial charge in [0.15, 0.2) is 16.6 Å². The minimum atomic E-state index is -0.713. The van der Waals surface area contributed by atoms with Gasteiger partial charge in [0.1, 0.15) is 11.6 Å². The van der Waals surface area contributed by atoms with E-state index >= 15 is 0 Å². The summed E-state index contributed by atoms with van der Waals surface area (Å²) in [6.07, 6.45) is 0. The summed E-state index contributed by atoms with van der Waals surface area (Å²) in [6, 6.07) is 4.97. The van der Waals surface area contributed by atoms with Gasteiger partial charge in [-0.25, -0.2) is 4.79 Å². The molecule has 7 nitrogen and oxygen atoms in total. The first kappa shape index (κ1) is 22.2. The summed E-state index contributed by atoms with van der Waals surface area (Å²) in [5, 5.41) is 6.43. The van der Waals surface area contributed by atoms with Crippen LogP contribution in [-0.4, -0.2) is 41.7 Å². The van der Waals surface area contributed by atoms with E-state index in [-0.39, 0.29) is 19.0 Å². The maximum Gasteiger partial charge on any atom is 0.331 e. The van der Waals surface area contributed by atoms with Crippen molar-refractivity contribution >= 4 is 23.3 Å². The van der Waals surface area contributed by atoms with Crippen molar-refractivity contribution in [3.8, 4) is 11.5 Å². The summed E-state index contributed by atoms with van der Waals surface area (Å²) in [7, 11) is 0. The molecular weight excluding hydrogens is 380 g/mol. The van der Waals surface area contributed by atoms with Crippen LogP contribution in [0.3, 0.4) is 0 Å². The number of carbonyl (C=O) groups is 1. The summed E-state index contributed by atoms with van der Waals surface area (Å²) >= 11 is 5.36. The lowest BCUT2D eigenvalue weighted by atomic mass is 10.1. The van der Waals surface area contributed by atoms with Gasteiger partial charge < -0.3 is 29.6 Å². The second kappa shape index (κ2) is 8.96.